The average molecular weight is 294 g/mol. The Bertz CT molecular complexity index is 522. The molecule has 0 saturated heterocycles. The summed E-state index contributed by atoms with van der Waals surface area (Å²) in [6.45, 7) is 2.06. The fourth-order valence-electron chi connectivity index (χ4n) is 3.94. The lowest BCUT2D eigenvalue weighted by Crippen LogP contribution is -2.47. The molecule has 2 unspecified atom stereocenters. The molecule has 1 fully saturated rings. The maximum atomic E-state index is 11.2. The van der Waals surface area contributed by atoms with Gasteiger partial charge in [0.1, 0.15) is 0 Å². The van der Waals surface area contributed by atoms with Gasteiger partial charge < -0.3 is 5.11 Å². The summed E-state index contributed by atoms with van der Waals surface area (Å²) < 4.78 is 0. The van der Waals surface area contributed by atoms with E-state index in [0.29, 0.717) is 11.8 Å². The highest BCUT2D eigenvalue weighted by Gasteiger charge is 2.41. The molecule has 0 spiro atoms. The van der Waals surface area contributed by atoms with Gasteiger partial charge in [-0.25, -0.2) is 0 Å². The Kier molecular flexibility index (Phi) is 4.63. The van der Waals surface area contributed by atoms with Crippen molar-refractivity contribution in [2.24, 2.45) is 11.8 Å². The normalized spacial score (nSPS) is 28.5. The minimum atomic E-state index is -0.579. The number of rotatable bonds is 4. The number of aliphatic hydroxyl groups is 1. The SMILES string of the molecule is CC1(O)C(Cc2ccccc2)CCCC1Cc1ccccc1. The Hall–Kier alpha value is -1.60. The van der Waals surface area contributed by atoms with Crippen LogP contribution in [0.3, 0.4) is 0 Å². The van der Waals surface area contributed by atoms with Gasteiger partial charge >= 0.3 is 0 Å². The van der Waals surface area contributed by atoms with E-state index in [1.54, 1.807) is 0 Å². The zero-order valence-electron chi connectivity index (χ0n) is 13.4. The second kappa shape index (κ2) is 6.66. The Balaban J connectivity index is 1.73. The molecule has 1 saturated carbocycles. The Labute approximate surface area is 134 Å². The molecule has 1 nitrogen and oxygen atoms in total. The topological polar surface area (TPSA) is 20.2 Å². The van der Waals surface area contributed by atoms with E-state index in [2.05, 4.69) is 67.6 Å². The predicted octanol–water partition coefficient (Wildman–Crippen LogP) is 4.64. The van der Waals surface area contributed by atoms with Crippen molar-refractivity contribution in [3.05, 3.63) is 71.8 Å². The molecule has 116 valence electrons. The minimum Gasteiger partial charge on any atom is -0.390 e. The third-order valence-electron chi connectivity index (χ3n) is 5.41. The highest BCUT2D eigenvalue weighted by molar-refractivity contribution is 5.19. The van der Waals surface area contributed by atoms with Gasteiger partial charge in [0.15, 0.2) is 0 Å². The van der Waals surface area contributed by atoms with Gasteiger partial charge in [-0.2, -0.15) is 0 Å². The second-order valence-electron chi connectivity index (χ2n) is 6.93. The van der Waals surface area contributed by atoms with Crippen LogP contribution in [-0.2, 0) is 12.8 Å². The first-order valence-electron chi connectivity index (χ1n) is 8.46. The highest BCUT2D eigenvalue weighted by atomic mass is 16.3. The van der Waals surface area contributed by atoms with Crippen LogP contribution in [0.15, 0.2) is 60.7 Å². The Morgan fingerprint density at radius 2 is 1.23 bits per heavy atom. The molecule has 0 bridgehead atoms. The number of benzene rings is 2. The summed E-state index contributed by atoms with van der Waals surface area (Å²) in [4.78, 5) is 0. The summed E-state index contributed by atoms with van der Waals surface area (Å²) in [6.07, 6.45) is 5.46. The molecule has 22 heavy (non-hydrogen) atoms. The fourth-order valence-corrected chi connectivity index (χ4v) is 3.94. The molecule has 2 atom stereocenters. The van der Waals surface area contributed by atoms with Crippen molar-refractivity contribution >= 4 is 0 Å². The molecular weight excluding hydrogens is 268 g/mol. The maximum absolute atomic E-state index is 11.2. The summed E-state index contributed by atoms with van der Waals surface area (Å²) in [5, 5.41) is 11.2. The van der Waals surface area contributed by atoms with E-state index in [-0.39, 0.29) is 0 Å². The van der Waals surface area contributed by atoms with Crippen molar-refractivity contribution in [3.8, 4) is 0 Å². The Morgan fingerprint density at radius 3 is 1.64 bits per heavy atom. The highest BCUT2D eigenvalue weighted by Crippen LogP contribution is 2.41. The first kappa shape index (κ1) is 15.3. The summed E-state index contributed by atoms with van der Waals surface area (Å²) >= 11 is 0. The molecule has 3 rings (SSSR count). The summed E-state index contributed by atoms with van der Waals surface area (Å²) in [6, 6.07) is 21.2. The van der Waals surface area contributed by atoms with Crippen molar-refractivity contribution < 1.29 is 5.11 Å². The van der Waals surface area contributed by atoms with E-state index in [9.17, 15) is 5.11 Å². The second-order valence-corrected chi connectivity index (χ2v) is 6.93. The minimum absolute atomic E-state index is 0.359. The van der Waals surface area contributed by atoms with Crippen LogP contribution in [-0.4, -0.2) is 10.7 Å². The molecular formula is C21H26O. The smallest absolute Gasteiger partial charge is 0.0682 e. The molecule has 1 N–H and O–H groups in total. The lowest BCUT2D eigenvalue weighted by Gasteiger charge is -2.44. The van der Waals surface area contributed by atoms with Gasteiger partial charge in [-0.3, -0.25) is 0 Å². The Morgan fingerprint density at radius 1 is 0.818 bits per heavy atom. The summed E-state index contributed by atoms with van der Waals surface area (Å²) in [5.74, 6) is 0.717. The first-order valence-corrected chi connectivity index (χ1v) is 8.46. The summed E-state index contributed by atoms with van der Waals surface area (Å²) in [5.41, 5.74) is 2.10. The number of hydrogen-bond donors (Lipinski definition) is 1. The molecule has 2 aromatic carbocycles. The summed E-state index contributed by atoms with van der Waals surface area (Å²) in [7, 11) is 0. The van der Waals surface area contributed by atoms with Crippen LogP contribution in [0.5, 0.6) is 0 Å². The molecule has 1 aliphatic carbocycles. The molecule has 0 aromatic heterocycles. The zero-order chi connectivity index (χ0) is 15.4. The van der Waals surface area contributed by atoms with Gasteiger partial charge in [0.05, 0.1) is 5.60 Å². The van der Waals surface area contributed by atoms with Crippen molar-refractivity contribution in [1.82, 2.24) is 0 Å². The van der Waals surface area contributed by atoms with E-state index in [4.69, 9.17) is 0 Å². The predicted molar refractivity (Wildman–Crippen MR) is 91.7 cm³/mol. The van der Waals surface area contributed by atoms with E-state index in [1.807, 2.05) is 0 Å². The van der Waals surface area contributed by atoms with Gasteiger partial charge in [0.2, 0.25) is 0 Å². The van der Waals surface area contributed by atoms with Crippen LogP contribution < -0.4 is 0 Å². The van der Waals surface area contributed by atoms with Crippen LogP contribution in [0.1, 0.15) is 37.3 Å². The van der Waals surface area contributed by atoms with Crippen molar-refractivity contribution in [2.45, 2.75) is 44.6 Å². The zero-order valence-corrected chi connectivity index (χ0v) is 13.4. The van der Waals surface area contributed by atoms with Gasteiger partial charge in [-0.15, -0.1) is 0 Å². The molecule has 0 heterocycles. The molecule has 0 aliphatic heterocycles. The van der Waals surface area contributed by atoms with Crippen LogP contribution in [0.2, 0.25) is 0 Å². The lowest BCUT2D eigenvalue weighted by molar-refractivity contribution is -0.0791. The number of hydrogen-bond acceptors (Lipinski definition) is 1. The van der Waals surface area contributed by atoms with Crippen LogP contribution in [0.4, 0.5) is 0 Å². The van der Waals surface area contributed by atoms with Gasteiger partial charge in [-0.05, 0) is 55.6 Å². The standard InChI is InChI=1S/C21H26O/c1-21(22)19(15-17-9-4-2-5-10-17)13-8-14-20(21)16-18-11-6-3-7-12-18/h2-7,9-12,19-20,22H,8,13-16H2,1H3. The third kappa shape index (κ3) is 3.41. The quantitative estimate of drug-likeness (QED) is 0.871. The van der Waals surface area contributed by atoms with Crippen LogP contribution >= 0.6 is 0 Å². The monoisotopic (exact) mass is 294 g/mol. The first-order chi connectivity index (χ1) is 10.7. The van der Waals surface area contributed by atoms with Crippen molar-refractivity contribution in [2.75, 3.05) is 0 Å². The van der Waals surface area contributed by atoms with Gasteiger partial charge in [-0.1, -0.05) is 67.1 Å². The fraction of sp³-hybridized carbons (Fsp3) is 0.429. The van der Waals surface area contributed by atoms with E-state index >= 15 is 0 Å². The van der Waals surface area contributed by atoms with Crippen LogP contribution in [0.25, 0.3) is 0 Å². The van der Waals surface area contributed by atoms with Crippen molar-refractivity contribution in [3.63, 3.8) is 0 Å². The van der Waals surface area contributed by atoms with Gasteiger partial charge in [0.25, 0.3) is 0 Å². The van der Waals surface area contributed by atoms with E-state index in [1.165, 1.54) is 17.5 Å². The molecule has 2 aromatic rings. The van der Waals surface area contributed by atoms with E-state index in [0.717, 1.165) is 25.7 Å². The van der Waals surface area contributed by atoms with Crippen LogP contribution in [0, 0.1) is 11.8 Å². The molecule has 1 aliphatic rings. The van der Waals surface area contributed by atoms with Gasteiger partial charge in [0, 0.05) is 0 Å². The average Bonchev–Trinajstić information content (AvgIpc) is 2.53. The molecule has 0 radical (unpaired) electrons. The lowest BCUT2D eigenvalue weighted by atomic mass is 9.66. The molecule has 0 amide bonds. The third-order valence-corrected chi connectivity index (χ3v) is 5.41. The van der Waals surface area contributed by atoms with E-state index < -0.39 is 5.60 Å². The largest absolute Gasteiger partial charge is 0.390 e. The maximum Gasteiger partial charge on any atom is 0.0682 e. The molecule has 1 heteroatoms. The van der Waals surface area contributed by atoms with Crippen molar-refractivity contribution in [1.29, 1.82) is 0 Å².